The minimum Gasteiger partial charge on any atom is -0.494 e. The van der Waals surface area contributed by atoms with Crippen LogP contribution in [0.3, 0.4) is 0 Å². The second-order valence-corrected chi connectivity index (χ2v) is 16.3. The first-order valence-corrected chi connectivity index (χ1v) is 18.8. The third-order valence-corrected chi connectivity index (χ3v) is 10.8. The van der Waals surface area contributed by atoms with Gasteiger partial charge in [-0.15, -0.1) is 0 Å². The van der Waals surface area contributed by atoms with Crippen molar-refractivity contribution in [2.45, 2.75) is 52.0 Å². The number of rotatable bonds is 10. The van der Waals surface area contributed by atoms with E-state index in [9.17, 15) is 4.57 Å². The fourth-order valence-corrected chi connectivity index (χ4v) is 7.55. The second-order valence-electron chi connectivity index (χ2n) is 13.1. The number of hydrogen-bond donors (Lipinski definition) is 2. The molecule has 9 nitrogen and oxygen atoms in total. The van der Waals surface area contributed by atoms with Crippen LogP contribution >= 0.6 is 7.14 Å². The van der Waals surface area contributed by atoms with Crippen LogP contribution in [-0.4, -0.2) is 100 Å². The Balaban J connectivity index is 1.35. The third-order valence-electron chi connectivity index (χ3n) is 9.23. The molecule has 0 saturated carbocycles. The molecular formula is C34H49BN7O2P. The minimum absolute atomic E-state index is 0.326. The molecule has 3 heterocycles. The van der Waals surface area contributed by atoms with Crippen molar-refractivity contribution in [3.05, 3.63) is 47.7 Å². The van der Waals surface area contributed by atoms with Gasteiger partial charge in [-0.3, -0.25) is 4.90 Å². The van der Waals surface area contributed by atoms with Crippen molar-refractivity contribution in [1.29, 1.82) is 0 Å². The van der Waals surface area contributed by atoms with Crippen molar-refractivity contribution in [1.82, 2.24) is 19.8 Å². The van der Waals surface area contributed by atoms with Gasteiger partial charge < -0.3 is 29.7 Å². The molecule has 0 unspecified atom stereocenters. The molecule has 0 atom stereocenters. The Morgan fingerprint density at radius 1 is 1.02 bits per heavy atom. The van der Waals surface area contributed by atoms with Crippen LogP contribution in [0.15, 0.2) is 36.5 Å². The maximum absolute atomic E-state index is 13.2. The van der Waals surface area contributed by atoms with Gasteiger partial charge in [0.1, 0.15) is 26.6 Å². The van der Waals surface area contributed by atoms with E-state index >= 15 is 0 Å². The fraction of sp³-hybridized carbons (Fsp3) is 0.529. The van der Waals surface area contributed by atoms with E-state index < -0.39 is 7.14 Å². The topological polar surface area (TPSA) is 85.9 Å². The number of ether oxygens (including phenoxy) is 1. The molecule has 0 spiro atoms. The molecule has 2 aliphatic rings. The number of likely N-dealkylation sites (N-methyl/N-ethyl adjacent to an activating group) is 1. The average molecular weight is 630 g/mol. The summed E-state index contributed by atoms with van der Waals surface area (Å²) in [5, 5.41) is 7.49. The highest BCUT2D eigenvalue weighted by molar-refractivity contribution is 7.70. The number of nitrogens with one attached hydrogen (secondary N) is 2. The molecule has 2 aromatic carbocycles. The lowest BCUT2D eigenvalue weighted by Gasteiger charge is -2.43. The Bertz CT molecular complexity index is 1530. The SMILES string of the molecule is [B]c1cnc(Nc2cc(CC)c(N3CCC(N4CCN(C)CC4)CC3)cc2OC)nc1Nc1ccc(C(C)C)cc1P(C)(C)=O. The Morgan fingerprint density at radius 2 is 1.73 bits per heavy atom. The van der Waals surface area contributed by atoms with Crippen LogP contribution in [0.2, 0.25) is 0 Å². The van der Waals surface area contributed by atoms with Crippen LogP contribution in [0, 0.1) is 0 Å². The van der Waals surface area contributed by atoms with Crippen molar-refractivity contribution in [3.63, 3.8) is 0 Å². The van der Waals surface area contributed by atoms with Gasteiger partial charge in [0.15, 0.2) is 0 Å². The maximum atomic E-state index is 13.2. The van der Waals surface area contributed by atoms with Gasteiger partial charge in [-0.25, -0.2) is 4.98 Å². The summed E-state index contributed by atoms with van der Waals surface area (Å²) in [6, 6.07) is 11.0. The van der Waals surface area contributed by atoms with Crippen molar-refractivity contribution in [3.8, 4) is 5.75 Å². The second kappa shape index (κ2) is 14.1. The third kappa shape index (κ3) is 7.85. The molecule has 2 fully saturated rings. The maximum Gasteiger partial charge on any atom is 0.229 e. The standard InChI is InChI=1S/C34H49BN7O2P/c1-8-24-19-29(31(44-5)21-30(24)42-13-11-26(12-14-42)41-17-15-40(4)16-18-41)38-34-36-22-27(35)33(39-34)37-28-10-9-25(23(2)3)20-32(28)45(6,7)43/h9-10,19-23,26H,8,11-18H2,1-7H3,(H2,36,37,38,39). The normalized spacial score (nSPS) is 17.1. The van der Waals surface area contributed by atoms with Gasteiger partial charge in [-0.2, -0.15) is 4.98 Å². The molecule has 5 rings (SSSR count). The predicted molar refractivity (Wildman–Crippen MR) is 190 cm³/mol. The summed E-state index contributed by atoms with van der Waals surface area (Å²) in [5.74, 6) is 1.91. The van der Waals surface area contributed by atoms with Crippen molar-refractivity contribution < 1.29 is 9.30 Å². The lowest BCUT2D eigenvalue weighted by Crippen LogP contribution is -2.52. The molecule has 240 valence electrons. The number of nitrogens with zero attached hydrogens (tertiary/aromatic N) is 5. The highest BCUT2D eigenvalue weighted by Crippen LogP contribution is 2.40. The number of piperidine rings is 1. The van der Waals surface area contributed by atoms with Gasteiger partial charge in [0, 0.05) is 68.6 Å². The predicted octanol–water partition coefficient (Wildman–Crippen LogP) is 4.92. The van der Waals surface area contributed by atoms with Crippen molar-refractivity contribution >= 4 is 54.6 Å². The first kappa shape index (κ1) is 33.3. The van der Waals surface area contributed by atoms with Crippen LogP contribution in [0.25, 0.3) is 0 Å². The highest BCUT2D eigenvalue weighted by Gasteiger charge is 2.28. The van der Waals surface area contributed by atoms with Crippen molar-refractivity contribution in [2.24, 2.45) is 0 Å². The smallest absolute Gasteiger partial charge is 0.229 e. The number of hydrogen-bond acceptors (Lipinski definition) is 9. The van der Waals surface area contributed by atoms with Gasteiger partial charge in [-0.1, -0.05) is 26.8 Å². The van der Waals surface area contributed by atoms with Gasteiger partial charge in [0.2, 0.25) is 5.95 Å². The Hall–Kier alpha value is -3.07. The number of anilines is 5. The average Bonchev–Trinajstić information content (AvgIpc) is 3.02. The fourth-order valence-electron chi connectivity index (χ4n) is 6.38. The summed E-state index contributed by atoms with van der Waals surface area (Å²) >= 11 is 0. The summed E-state index contributed by atoms with van der Waals surface area (Å²) in [5.41, 5.74) is 5.56. The lowest BCUT2D eigenvalue weighted by molar-refractivity contribution is 0.0982. The molecule has 0 amide bonds. The van der Waals surface area contributed by atoms with Crippen LogP contribution in [0.5, 0.6) is 5.75 Å². The largest absolute Gasteiger partial charge is 0.494 e. The zero-order valence-corrected chi connectivity index (χ0v) is 29.0. The molecule has 2 aliphatic heterocycles. The molecule has 45 heavy (non-hydrogen) atoms. The van der Waals surface area contributed by atoms with E-state index in [0.717, 1.165) is 60.6 Å². The van der Waals surface area contributed by atoms with Gasteiger partial charge in [0.05, 0.1) is 18.5 Å². The molecule has 2 N–H and O–H groups in total. The quantitative estimate of drug-likeness (QED) is 0.240. The molecule has 0 aliphatic carbocycles. The van der Waals surface area contributed by atoms with E-state index in [1.165, 1.54) is 37.2 Å². The van der Waals surface area contributed by atoms with Crippen LogP contribution in [0.1, 0.15) is 50.7 Å². The van der Waals surface area contributed by atoms with Gasteiger partial charge >= 0.3 is 0 Å². The molecular weight excluding hydrogens is 580 g/mol. The number of aromatic nitrogens is 2. The molecule has 11 heteroatoms. The minimum atomic E-state index is -2.58. The Labute approximate surface area is 270 Å². The molecule has 2 saturated heterocycles. The molecule has 3 aromatic rings. The summed E-state index contributed by atoms with van der Waals surface area (Å²) in [7, 11) is 7.65. The number of piperazine rings is 1. The first-order valence-electron chi connectivity index (χ1n) is 16.2. The summed E-state index contributed by atoms with van der Waals surface area (Å²) in [6.07, 6.45) is 4.84. The van der Waals surface area contributed by atoms with E-state index in [2.05, 4.69) is 76.3 Å². The van der Waals surface area contributed by atoms with E-state index in [0.29, 0.717) is 29.2 Å². The van der Waals surface area contributed by atoms with E-state index in [4.69, 9.17) is 17.6 Å². The molecule has 1 aromatic heterocycles. The molecule has 2 radical (unpaired) electrons. The van der Waals surface area contributed by atoms with Gasteiger partial charge in [-0.05, 0) is 80.3 Å². The monoisotopic (exact) mass is 629 g/mol. The first-order chi connectivity index (χ1) is 21.5. The Morgan fingerprint density at radius 3 is 2.36 bits per heavy atom. The molecule has 0 bridgehead atoms. The van der Waals surface area contributed by atoms with E-state index in [1.54, 1.807) is 26.6 Å². The summed E-state index contributed by atoms with van der Waals surface area (Å²) < 4.78 is 19.1. The van der Waals surface area contributed by atoms with E-state index in [-0.39, 0.29) is 0 Å². The Kier molecular flexibility index (Phi) is 10.5. The number of methoxy groups -OCH3 is 1. The van der Waals surface area contributed by atoms with Crippen LogP contribution in [0.4, 0.5) is 28.8 Å². The van der Waals surface area contributed by atoms with E-state index in [1.807, 2.05) is 12.1 Å². The lowest BCUT2D eigenvalue weighted by atomic mass is 9.98. The number of aryl methyl sites for hydroxylation is 1. The summed E-state index contributed by atoms with van der Waals surface area (Å²) in [4.78, 5) is 16.8. The van der Waals surface area contributed by atoms with Gasteiger partial charge in [0.25, 0.3) is 0 Å². The summed E-state index contributed by atoms with van der Waals surface area (Å²) in [6.45, 7) is 16.8. The number of benzene rings is 2. The van der Waals surface area contributed by atoms with Crippen molar-refractivity contribution in [2.75, 3.05) is 82.3 Å². The van der Waals surface area contributed by atoms with Crippen LogP contribution in [-0.2, 0) is 11.0 Å². The zero-order chi connectivity index (χ0) is 32.3. The highest BCUT2D eigenvalue weighted by atomic mass is 31.2. The zero-order valence-electron chi connectivity index (χ0n) is 28.1. The van der Waals surface area contributed by atoms with Crippen LogP contribution < -0.4 is 31.0 Å².